The molecule has 0 saturated carbocycles. The number of hydrogen-bond acceptors (Lipinski definition) is 3. The highest BCUT2D eigenvalue weighted by molar-refractivity contribution is 7.81. The van der Waals surface area contributed by atoms with Crippen molar-refractivity contribution < 1.29 is 0 Å². The predicted molar refractivity (Wildman–Crippen MR) is 80.1 cm³/mol. The monoisotopic (exact) mass is 259 g/mol. The van der Waals surface area contributed by atoms with E-state index in [0.29, 0.717) is 5.69 Å². The second kappa shape index (κ2) is 4.90. The van der Waals surface area contributed by atoms with E-state index in [9.17, 15) is 0 Å². The maximum atomic E-state index is 5.82. The third kappa shape index (κ3) is 2.68. The minimum Gasteiger partial charge on any atom is -0.398 e. The van der Waals surface area contributed by atoms with Crippen molar-refractivity contribution in [1.82, 2.24) is 0 Å². The highest BCUT2D eigenvalue weighted by Gasteiger charge is 2.05. The molecule has 0 aromatic heterocycles. The smallest absolute Gasteiger partial charge is 0.0522 e. The van der Waals surface area contributed by atoms with Crippen LogP contribution in [0.2, 0.25) is 0 Å². The van der Waals surface area contributed by atoms with Crippen LogP contribution in [-0.2, 0) is 0 Å². The van der Waals surface area contributed by atoms with Crippen molar-refractivity contribution in [3.8, 4) is 0 Å². The fourth-order valence-corrected chi connectivity index (χ4v) is 1.97. The Morgan fingerprint density at radius 1 is 1.06 bits per heavy atom. The topological polar surface area (TPSA) is 26.0 Å². The Kier molecular flexibility index (Phi) is 3.50. The van der Waals surface area contributed by atoms with E-state index in [2.05, 4.69) is 31.7 Å². The number of rotatable bonds is 2. The van der Waals surface area contributed by atoms with Gasteiger partial charge in [0.15, 0.2) is 0 Å². The Balaban J connectivity index is 2.37. The molecule has 2 N–H and O–H groups in total. The van der Waals surface area contributed by atoms with Crippen LogP contribution in [-0.4, -0.2) is 4.86 Å². The van der Waals surface area contributed by atoms with Crippen LogP contribution >= 0.6 is 24.8 Å². The zero-order valence-corrected chi connectivity index (χ0v) is 11.2. The van der Waals surface area contributed by atoms with E-state index < -0.39 is 0 Å². The lowest BCUT2D eigenvalue weighted by Gasteiger charge is -2.07. The Morgan fingerprint density at radius 3 is 2.24 bits per heavy atom. The van der Waals surface area contributed by atoms with Crippen LogP contribution in [0, 0.1) is 6.92 Å². The average molecular weight is 259 g/mol. The molecule has 2 aromatic carbocycles. The standard InChI is InChI=1S/C14H13NS2/c1-9-2-4-10(5-3-9)14(17)11-6-7-13(16)12(15)8-11/h2-8,16H,15H2,1H3. The highest BCUT2D eigenvalue weighted by atomic mass is 32.1. The molecule has 0 unspecified atom stereocenters. The normalized spacial score (nSPS) is 10.2. The molecule has 0 aliphatic rings. The lowest BCUT2D eigenvalue weighted by atomic mass is 10.0. The quantitative estimate of drug-likeness (QED) is 0.373. The number of nitrogens with two attached hydrogens (primary N) is 1. The maximum Gasteiger partial charge on any atom is 0.0522 e. The highest BCUT2D eigenvalue weighted by Crippen LogP contribution is 2.20. The number of anilines is 1. The predicted octanol–water partition coefficient (Wildman–Crippen LogP) is 3.63. The largest absolute Gasteiger partial charge is 0.398 e. The van der Waals surface area contributed by atoms with Crippen molar-refractivity contribution in [1.29, 1.82) is 0 Å². The van der Waals surface area contributed by atoms with Gasteiger partial charge in [-0.05, 0) is 30.2 Å². The van der Waals surface area contributed by atoms with Gasteiger partial charge in [-0.1, -0.05) is 48.1 Å². The zero-order valence-electron chi connectivity index (χ0n) is 9.47. The van der Waals surface area contributed by atoms with Gasteiger partial charge in [-0.25, -0.2) is 0 Å². The second-order valence-corrected chi connectivity index (χ2v) is 4.86. The summed E-state index contributed by atoms with van der Waals surface area (Å²) in [6.07, 6.45) is 0. The van der Waals surface area contributed by atoms with E-state index in [4.69, 9.17) is 18.0 Å². The van der Waals surface area contributed by atoms with Crippen LogP contribution in [0.25, 0.3) is 0 Å². The van der Waals surface area contributed by atoms with Gasteiger partial charge in [-0.2, -0.15) is 0 Å². The third-order valence-electron chi connectivity index (χ3n) is 2.60. The first-order valence-electron chi connectivity index (χ1n) is 5.28. The van der Waals surface area contributed by atoms with Crippen molar-refractivity contribution in [2.75, 3.05) is 5.73 Å². The Bertz CT molecular complexity index is 559. The van der Waals surface area contributed by atoms with Crippen LogP contribution in [0.5, 0.6) is 0 Å². The van der Waals surface area contributed by atoms with Gasteiger partial charge in [0.1, 0.15) is 0 Å². The molecular formula is C14H13NS2. The molecule has 0 bridgehead atoms. The van der Waals surface area contributed by atoms with Gasteiger partial charge < -0.3 is 5.73 Å². The first-order valence-corrected chi connectivity index (χ1v) is 6.13. The van der Waals surface area contributed by atoms with Crippen LogP contribution in [0.4, 0.5) is 5.69 Å². The molecule has 3 heteroatoms. The van der Waals surface area contributed by atoms with Crippen molar-refractivity contribution in [3.63, 3.8) is 0 Å². The summed E-state index contributed by atoms with van der Waals surface area (Å²) in [5, 5.41) is 0. The molecule has 86 valence electrons. The van der Waals surface area contributed by atoms with Gasteiger partial charge >= 0.3 is 0 Å². The summed E-state index contributed by atoms with van der Waals surface area (Å²) in [4.78, 5) is 1.59. The molecule has 0 atom stereocenters. The molecule has 0 radical (unpaired) electrons. The molecule has 0 heterocycles. The summed E-state index contributed by atoms with van der Waals surface area (Å²) in [7, 11) is 0. The molecule has 0 fully saturated rings. The summed E-state index contributed by atoms with van der Waals surface area (Å²) in [5.41, 5.74) is 9.70. The first kappa shape index (κ1) is 12.1. The van der Waals surface area contributed by atoms with E-state index in [1.54, 1.807) is 0 Å². The number of thiol groups is 1. The minimum atomic E-state index is 0.653. The van der Waals surface area contributed by atoms with Crippen molar-refractivity contribution in [2.45, 2.75) is 11.8 Å². The van der Waals surface area contributed by atoms with Crippen LogP contribution in [0.3, 0.4) is 0 Å². The number of thiocarbonyl (C=S) groups is 1. The molecule has 0 amide bonds. The molecule has 0 aliphatic carbocycles. The van der Waals surface area contributed by atoms with Gasteiger partial charge in [0.2, 0.25) is 0 Å². The fourth-order valence-electron chi connectivity index (χ4n) is 1.57. The van der Waals surface area contributed by atoms with E-state index >= 15 is 0 Å². The summed E-state index contributed by atoms with van der Waals surface area (Å²) in [6, 6.07) is 13.8. The minimum absolute atomic E-state index is 0.653. The number of hydrogen-bond donors (Lipinski definition) is 2. The van der Waals surface area contributed by atoms with Gasteiger partial charge in [-0.3, -0.25) is 0 Å². The summed E-state index contributed by atoms with van der Waals surface area (Å²) >= 11 is 9.70. The van der Waals surface area contributed by atoms with Crippen molar-refractivity contribution >= 4 is 35.4 Å². The Labute approximate surface area is 112 Å². The number of aryl methyl sites for hydroxylation is 1. The lowest BCUT2D eigenvalue weighted by molar-refractivity contribution is 1.45. The SMILES string of the molecule is Cc1ccc(C(=S)c2ccc(S)c(N)c2)cc1. The van der Waals surface area contributed by atoms with Crippen LogP contribution < -0.4 is 5.73 Å². The Hall–Kier alpha value is -1.32. The van der Waals surface area contributed by atoms with Crippen LogP contribution in [0.1, 0.15) is 16.7 Å². The van der Waals surface area contributed by atoms with Crippen LogP contribution in [0.15, 0.2) is 47.4 Å². The van der Waals surface area contributed by atoms with Crippen molar-refractivity contribution in [2.24, 2.45) is 0 Å². The van der Waals surface area contributed by atoms with Gasteiger partial charge in [0.05, 0.1) is 4.86 Å². The molecule has 17 heavy (non-hydrogen) atoms. The Morgan fingerprint density at radius 2 is 1.65 bits per heavy atom. The van der Waals surface area contributed by atoms with E-state index in [1.807, 2.05) is 30.3 Å². The molecule has 2 aromatic rings. The molecular weight excluding hydrogens is 246 g/mol. The van der Waals surface area contributed by atoms with Crippen molar-refractivity contribution in [3.05, 3.63) is 59.2 Å². The van der Waals surface area contributed by atoms with Gasteiger partial charge in [0, 0.05) is 10.6 Å². The van der Waals surface area contributed by atoms with Gasteiger partial charge in [-0.15, -0.1) is 12.6 Å². The first-order chi connectivity index (χ1) is 8.08. The molecule has 0 saturated heterocycles. The lowest BCUT2D eigenvalue weighted by Crippen LogP contribution is -2.01. The van der Waals surface area contributed by atoms with E-state index in [-0.39, 0.29) is 0 Å². The molecule has 0 aliphatic heterocycles. The average Bonchev–Trinajstić information content (AvgIpc) is 2.33. The summed E-state index contributed by atoms with van der Waals surface area (Å²) in [6.45, 7) is 2.06. The molecule has 2 rings (SSSR count). The molecule has 0 spiro atoms. The summed E-state index contributed by atoms with van der Waals surface area (Å²) in [5.74, 6) is 0. The maximum absolute atomic E-state index is 5.82. The summed E-state index contributed by atoms with van der Waals surface area (Å²) < 4.78 is 0. The number of benzene rings is 2. The number of nitrogen functional groups attached to an aromatic ring is 1. The third-order valence-corrected chi connectivity index (χ3v) is 3.48. The zero-order chi connectivity index (χ0) is 12.4. The van der Waals surface area contributed by atoms with E-state index in [0.717, 1.165) is 20.9 Å². The van der Waals surface area contributed by atoms with E-state index in [1.165, 1.54) is 5.56 Å². The second-order valence-electron chi connectivity index (χ2n) is 3.97. The fraction of sp³-hybridized carbons (Fsp3) is 0.0714. The molecule has 1 nitrogen and oxygen atoms in total. The van der Waals surface area contributed by atoms with Gasteiger partial charge in [0.25, 0.3) is 0 Å².